The molecule has 0 bridgehead atoms. The van der Waals surface area contributed by atoms with Crippen molar-refractivity contribution in [3.05, 3.63) is 46.7 Å². The van der Waals surface area contributed by atoms with Gasteiger partial charge in [-0.15, -0.1) is 0 Å². The average Bonchev–Trinajstić information content (AvgIpc) is 2.92. The van der Waals surface area contributed by atoms with Crippen molar-refractivity contribution in [2.24, 2.45) is 5.92 Å². The first-order chi connectivity index (χ1) is 10.5. The minimum Gasteiger partial charge on any atom is -0.274 e. The fourth-order valence-electron chi connectivity index (χ4n) is 2.77. The van der Waals surface area contributed by atoms with E-state index in [1.54, 1.807) is 28.9 Å². The Balaban J connectivity index is 1.82. The highest BCUT2D eigenvalue weighted by Crippen LogP contribution is 2.28. The number of benzene rings is 1. The molecule has 0 saturated carbocycles. The Hall–Kier alpha value is -2.14. The van der Waals surface area contributed by atoms with Crippen molar-refractivity contribution in [2.75, 3.05) is 4.90 Å². The van der Waals surface area contributed by atoms with Gasteiger partial charge in [-0.2, -0.15) is 5.10 Å². The van der Waals surface area contributed by atoms with Gasteiger partial charge >= 0.3 is 0 Å². The summed E-state index contributed by atoms with van der Waals surface area (Å²) >= 11 is 5.85. The maximum atomic E-state index is 12.6. The summed E-state index contributed by atoms with van der Waals surface area (Å²) in [6.45, 7) is 4.28. The van der Waals surface area contributed by atoms with Crippen molar-refractivity contribution in [1.29, 1.82) is 0 Å². The van der Waals surface area contributed by atoms with E-state index in [2.05, 4.69) is 5.10 Å². The summed E-state index contributed by atoms with van der Waals surface area (Å²) < 4.78 is 1.79. The lowest BCUT2D eigenvalue weighted by atomic mass is 10.1. The SMILES string of the molecule is Cc1cc(C)n(C[C@@H]2CC(=O)N(c3ccc(Cl)cc3)C2=O)n1. The topological polar surface area (TPSA) is 55.2 Å². The first-order valence-electron chi connectivity index (χ1n) is 7.09. The van der Waals surface area contributed by atoms with E-state index in [1.165, 1.54) is 4.90 Å². The summed E-state index contributed by atoms with van der Waals surface area (Å²) in [5, 5.41) is 4.93. The van der Waals surface area contributed by atoms with E-state index in [4.69, 9.17) is 11.6 Å². The first kappa shape index (κ1) is 14.8. The average molecular weight is 318 g/mol. The second-order valence-corrected chi connectivity index (χ2v) is 5.99. The highest BCUT2D eigenvalue weighted by Gasteiger charge is 2.39. The Labute approximate surface area is 133 Å². The molecule has 2 amide bonds. The van der Waals surface area contributed by atoms with E-state index < -0.39 is 0 Å². The van der Waals surface area contributed by atoms with Gasteiger partial charge in [0, 0.05) is 17.1 Å². The van der Waals surface area contributed by atoms with Crippen LogP contribution in [0.15, 0.2) is 30.3 Å². The number of aryl methyl sites for hydroxylation is 2. The van der Waals surface area contributed by atoms with Crippen LogP contribution in [0.1, 0.15) is 17.8 Å². The minimum atomic E-state index is -0.374. The summed E-state index contributed by atoms with van der Waals surface area (Å²) in [7, 11) is 0. The Kier molecular flexibility index (Phi) is 3.74. The monoisotopic (exact) mass is 317 g/mol. The van der Waals surface area contributed by atoms with Crippen molar-refractivity contribution in [1.82, 2.24) is 9.78 Å². The molecule has 114 valence electrons. The third-order valence-corrected chi connectivity index (χ3v) is 4.07. The molecule has 1 fully saturated rings. The molecule has 22 heavy (non-hydrogen) atoms. The number of nitrogens with zero attached hydrogens (tertiary/aromatic N) is 3. The molecule has 2 heterocycles. The quantitative estimate of drug-likeness (QED) is 0.818. The lowest BCUT2D eigenvalue weighted by Gasteiger charge is -2.15. The van der Waals surface area contributed by atoms with Gasteiger partial charge in [0.25, 0.3) is 0 Å². The van der Waals surface area contributed by atoms with Crippen LogP contribution < -0.4 is 4.90 Å². The zero-order valence-corrected chi connectivity index (χ0v) is 13.2. The summed E-state index contributed by atoms with van der Waals surface area (Å²) in [6.07, 6.45) is 0.208. The van der Waals surface area contributed by atoms with Crippen LogP contribution in [0, 0.1) is 19.8 Å². The highest BCUT2D eigenvalue weighted by molar-refractivity contribution is 6.30. The van der Waals surface area contributed by atoms with Crippen molar-refractivity contribution < 1.29 is 9.59 Å². The Morgan fingerprint density at radius 3 is 2.50 bits per heavy atom. The van der Waals surface area contributed by atoms with E-state index in [-0.39, 0.29) is 24.2 Å². The van der Waals surface area contributed by atoms with Gasteiger partial charge in [0.05, 0.1) is 23.8 Å². The van der Waals surface area contributed by atoms with Crippen molar-refractivity contribution in [2.45, 2.75) is 26.8 Å². The van der Waals surface area contributed by atoms with E-state index in [0.717, 1.165) is 11.4 Å². The molecular weight excluding hydrogens is 302 g/mol. The molecule has 1 saturated heterocycles. The van der Waals surface area contributed by atoms with E-state index >= 15 is 0 Å². The van der Waals surface area contributed by atoms with Gasteiger partial charge in [-0.05, 0) is 44.2 Å². The van der Waals surface area contributed by atoms with Gasteiger partial charge in [-0.1, -0.05) is 11.6 Å². The molecule has 1 aliphatic heterocycles. The lowest BCUT2D eigenvalue weighted by Crippen LogP contribution is -2.31. The zero-order valence-electron chi connectivity index (χ0n) is 12.4. The Morgan fingerprint density at radius 1 is 1.23 bits per heavy atom. The van der Waals surface area contributed by atoms with Gasteiger partial charge in [0.1, 0.15) is 0 Å². The predicted molar refractivity (Wildman–Crippen MR) is 83.8 cm³/mol. The largest absolute Gasteiger partial charge is 0.274 e. The second-order valence-electron chi connectivity index (χ2n) is 5.55. The molecular formula is C16H16ClN3O2. The molecule has 0 radical (unpaired) electrons. The molecule has 0 unspecified atom stereocenters. The van der Waals surface area contributed by atoms with Gasteiger partial charge in [0.2, 0.25) is 11.8 Å². The Bertz CT molecular complexity index is 736. The van der Waals surface area contributed by atoms with Crippen LogP contribution in [0.4, 0.5) is 5.69 Å². The third kappa shape index (κ3) is 2.64. The molecule has 0 spiro atoms. The molecule has 1 atom stereocenters. The lowest BCUT2D eigenvalue weighted by molar-refractivity contribution is -0.122. The maximum absolute atomic E-state index is 12.6. The number of hydrogen-bond acceptors (Lipinski definition) is 3. The molecule has 1 aliphatic rings. The summed E-state index contributed by atoms with van der Waals surface area (Å²) in [5.41, 5.74) is 2.46. The smallest absolute Gasteiger partial charge is 0.239 e. The van der Waals surface area contributed by atoms with Gasteiger partial charge in [0.15, 0.2) is 0 Å². The predicted octanol–water partition coefficient (Wildman–Crippen LogP) is 2.73. The molecule has 5 nitrogen and oxygen atoms in total. The number of halogens is 1. The molecule has 0 aliphatic carbocycles. The number of rotatable bonds is 3. The van der Waals surface area contributed by atoms with Crippen LogP contribution in [-0.2, 0) is 16.1 Å². The molecule has 0 N–H and O–H groups in total. The first-order valence-corrected chi connectivity index (χ1v) is 7.47. The standard InChI is InChI=1S/C16H16ClN3O2/c1-10-7-11(2)19(18-10)9-12-8-15(21)20(16(12)22)14-5-3-13(17)4-6-14/h3-7,12H,8-9H2,1-2H3/t12-/m0/s1. The van der Waals surface area contributed by atoms with E-state index in [0.29, 0.717) is 17.3 Å². The molecule has 3 rings (SSSR count). The van der Waals surface area contributed by atoms with Gasteiger partial charge in [-0.25, -0.2) is 0 Å². The number of amides is 2. The van der Waals surface area contributed by atoms with E-state index in [1.807, 2.05) is 19.9 Å². The molecule has 1 aromatic carbocycles. The zero-order chi connectivity index (χ0) is 15.9. The number of anilines is 1. The second kappa shape index (κ2) is 5.57. The van der Waals surface area contributed by atoms with Crippen LogP contribution in [0.3, 0.4) is 0 Å². The van der Waals surface area contributed by atoms with Crippen LogP contribution in [0.2, 0.25) is 5.02 Å². The Morgan fingerprint density at radius 2 is 1.91 bits per heavy atom. The van der Waals surface area contributed by atoms with Crippen LogP contribution in [0.25, 0.3) is 0 Å². The fourth-order valence-corrected chi connectivity index (χ4v) is 2.89. The number of carbonyl (C=O) groups excluding carboxylic acids is 2. The fraction of sp³-hybridized carbons (Fsp3) is 0.312. The van der Waals surface area contributed by atoms with Crippen LogP contribution >= 0.6 is 11.6 Å². The van der Waals surface area contributed by atoms with E-state index in [9.17, 15) is 9.59 Å². The normalized spacial score (nSPS) is 18.3. The van der Waals surface area contributed by atoms with Crippen molar-refractivity contribution >= 4 is 29.1 Å². The van der Waals surface area contributed by atoms with Crippen molar-refractivity contribution in [3.8, 4) is 0 Å². The van der Waals surface area contributed by atoms with Gasteiger partial charge in [-0.3, -0.25) is 19.2 Å². The number of aromatic nitrogens is 2. The molecule has 6 heteroatoms. The molecule has 2 aromatic rings. The number of hydrogen-bond donors (Lipinski definition) is 0. The summed E-state index contributed by atoms with van der Waals surface area (Å²) in [5.74, 6) is -0.736. The van der Waals surface area contributed by atoms with Crippen molar-refractivity contribution in [3.63, 3.8) is 0 Å². The number of carbonyl (C=O) groups is 2. The highest BCUT2D eigenvalue weighted by atomic mass is 35.5. The summed E-state index contributed by atoms with van der Waals surface area (Å²) in [4.78, 5) is 26.0. The third-order valence-electron chi connectivity index (χ3n) is 3.82. The minimum absolute atomic E-state index is 0.181. The maximum Gasteiger partial charge on any atom is 0.239 e. The number of imide groups is 1. The summed E-state index contributed by atoms with van der Waals surface area (Å²) in [6, 6.07) is 8.67. The van der Waals surface area contributed by atoms with Crippen LogP contribution in [-0.4, -0.2) is 21.6 Å². The molecule has 1 aromatic heterocycles. The van der Waals surface area contributed by atoms with Gasteiger partial charge < -0.3 is 0 Å². The van der Waals surface area contributed by atoms with Crippen LogP contribution in [0.5, 0.6) is 0 Å².